The van der Waals surface area contributed by atoms with Crippen LogP contribution in [0.15, 0.2) is 11.6 Å². The third-order valence-electron chi connectivity index (χ3n) is 7.48. The highest BCUT2D eigenvalue weighted by Crippen LogP contribution is 2.58. The molecule has 1 aromatic rings. The fourth-order valence-electron chi connectivity index (χ4n) is 5.94. The van der Waals surface area contributed by atoms with Gasteiger partial charge in [-0.15, -0.1) is 0 Å². The van der Waals surface area contributed by atoms with E-state index in [0.29, 0.717) is 17.6 Å². The summed E-state index contributed by atoms with van der Waals surface area (Å²) in [6, 6.07) is 0. The van der Waals surface area contributed by atoms with Gasteiger partial charge in [0.2, 0.25) is 6.29 Å². The molecule has 172 valence electrons. The highest BCUT2D eigenvalue weighted by atomic mass is 16.7. The number of phenolic OH excluding ortho intramolecular Hbond substituents is 1. The van der Waals surface area contributed by atoms with E-state index >= 15 is 0 Å². The van der Waals surface area contributed by atoms with Gasteiger partial charge < -0.3 is 29.9 Å². The second-order valence-electron chi connectivity index (χ2n) is 10.1. The smallest absolute Gasteiger partial charge is 0.229 e. The molecule has 6 nitrogen and oxygen atoms in total. The molecule has 6 heteroatoms. The van der Waals surface area contributed by atoms with E-state index in [1.807, 2.05) is 6.92 Å². The zero-order valence-corrected chi connectivity index (χ0v) is 19.1. The summed E-state index contributed by atoms with van der Waals surface area (Å²) in [6.07, 6.45) is 0.395. The minimum atomic E-state index is -1.41. The lowest BCUT2D eigenvalue weighted by molar-refractivity contribution is -0.242. The molecule has 1 unspecified atom stereocenters. The van der Waals surface area contributed by atoms with E-state index in [0.717, 1.165) is 30.4 Å². The van der Waals surface area contributed by atoms with E-state index in [9.17, 15) is 20.4 Å². The lowest BCUT2D eigenvalue weighted by atomic mass is 9.62. The summed E-state index contributed by atoms with van der Waals surface area (Å²) in [5.74, 6) is 1.84. The van der Waals surface area contributed by atoms with Crippen molar-refractivity contribution in [3.63, 3.8) is 0 Å². The molecular formula is C25H36O6. The molecule has 1 heterocycles. The zero-order chi connectivity index (χ0) is 22.6. The third-order valence-corrected chi connectivity index (χ3v) is 7.48. The molecule has 3 aliphatic rings. The monoisotopic (exact) mass is 432 g/mol. The van der Waals surface area contributed by atoms with Crippen LogP contribution in [-0.4, -0.2) is 51.6 Å². The minimum absolute atomic E-state index is 0.120. The number of benzene rings is 1. The molecule has 0 bridgehead atoms. The Hall–Kier alpha value is -1.60. The maximum atomic E-state index is 11.3. The summed E-state index contributed by atoms with van der Waals surface area (Å²) < 4.78 is 11.5. The number of aliphatic hydroxyl groups excluding tert-OH is 3. The molecule has 1 saturated heterocycles. The number of hydrogen-bond donors (Lipinski definition) is 4. The highest BCUT2D eigenvalue weighted by Gasteiger charge is 2.43. The SMILES string of the molecule is CC(C)=CC1C[C@H](C)[C@H]2CC[C@H](C)c3c(O)c(O[C@H]4OC[C@H](O)[C@@H](O)[C@@H]4O)c(C)c1c32. The van der Waals surface area contributed by atoms with Gasteiger partial charge in [-0.1, -0.05) is 25.5 Å². The standard InChI is InChI=1S/C25H36O6/c1-11(2)8-15-9-13(4)16-7-6-12(3)18-20(16)19(15)14(5)24(22(18)28)31-25-23(29)21(27)17(26)10-30-25/h8,12-13,15-17,21,23,25-29H,6-7,9-10H2,1-5H3/t12-,13-,15?,16+,17-,21+,23-,25+/m0/s1. The second-order valence-corrected chi connectivity index (χ2v) is 10.1. The lowest BCUT2D eigenvalue weighted by Gasteiger charge is -2.44. The van der Waals surface area contributed by atoms with Crippen LogP contribution in [0, 0.1) is 12.8 Å². The highest BCUT2D eigenvalue weighted by molar-refractivity contribution is 5.64. The van der Waals surface area contributed by atoms with Crippen molar-refractivity contribution in [1.29, 1.82) is 0 Å². The Balaban J connectivity index is 1.85. The minimum Gasteiger partial charge on any atom is -0.504 e. The van der Waals surface area contributed by atoms with Gasteiger partial charge in [-0.2, -0.15) is 0 Å². The first-order valence-electron chi connectivity index (χ1n) is 11.5. The van der Waals surface area contributed by atoms with Gasteiger partial charge in [-0.05, 0) is 74.5 Å². The molecule has 0 radical (unpaired) electrons. The Morgan fingerprint density at radius 2 is 1.74 bits per heavy atom. The molecule has 0 saturated carbocycles. The van der Waals surface area contributed by atoms with E-state index in [4.69, 9.17) is 9.47 Å². The molecule has 4 N–H and O–H groups in total. The number of aliphatic hydroxyl groups is 3. The molecule has 0 amide bonds. The van der Waals surface area contributed by atoms with Crippen molar-refractivity contribution in [1.82, 2.24) is 0 Å². The first-order chi connectivity index (χ1) is 14.6. The van der Waals surface area contributed by atoms with Crippen LogP contribution < -0.4 is 4.74 Å². The summed E-state index contributed by atoms with van der Waals surface area (Å²) in [5, 5.41) is 41.5. The van der Waals surface area contributed by atoms with Gasteiger partial charge in [0, 0.05) is 11.5 Å². The van der Waals surface area contributed by atoms with Gasteiger partial charge in [0.1, 0.15) is 18.3 Å². The topological polar surface area (TPSA) is 99.4 Å². The molecular weight excluding hydrogens is 396 g/mol. The quantitative estimate of drug-likeness (QED) is 0.545. The average Bonchev–Trinajstić information content (AvgIpc) is 2.69. The van der Waals surface area contributed by atoms with Crippen LogP contribution in [0.3, 0.4) is 0 Å². The van der Waals surface area contributed by atoms with Crippen molar-refractivity contribution in [3.05, 3.63) is 33.9 Å². The van der Waals surface area contributed by atoms with Crippen LogP contribution in [0.1, 0.15) is 87.0 Å². The fourth-order valence-corrected chi connectivity index (χ4v) is 5.94. The van der Waals surface area contributed by atoms with E-state index in [1.54, 1.807) is 0 Å². The van der Waals surface area contributed by atoms with Crippen molar-refractivity contribution >= 4 is 0 Å². The molecule has 1 aliphatic heterocycles. The molecule has 0 spiro atoms. The normalized spacial score (nSPS) is 37.2. The molecule has 8 atom stereocenters. The number of phenols is 1. The number of aromatic hydroxyl groups is 1. The van der Waals surface area contributed by atoms with Crippen LogP contribution >= 0.6 is 0 Å². The molecule has 1 fully saturated rings. The van der Waals surface area contributed by atoms with Gasteiger partial charge in [-0.25, -0.2) is 0 Å². The lowest BCUT2D eigenvalue weighted by Crippen LogP contribution is -2.54. The van der Waals surface area contributed by atoms with Gasteiger partial charge >= 0.3 is 0 Å². The molecule has 31 heavy (non-hydrogen) atoms. The maximum absolute atomic E-state index is 11.3. The first-order valence-corrected chi connectivity index (χ1v) is 11.5. The first kappa shape index (κ1) is 22.6. The Morgan fingerprint density at radius 3 is 2.42 bits per heavy atom. The van der Waals surface area contributed by atoms with E-state index < -0.39 is 24.6 Å². The van der Waals surface area contributed by atoms with Crippen molar-refractivity contribution in [2.75, 3.05) is 6.61 Å². The predicted octanol–water partition coefficient (Wildman–Crippen LogP) is 3.59. The number of allylic oxidation sites excluding steroid dienone is 2. The number of rotatable bonds is 3. The van der Waals surface area contributed by atoms with Crippen molar-refractivity contribution in [3.8, 4) is 11.5 Å². The van der Waals surface area contributed by atoms with Gasteiger partial charge in [0.15, 0.2) is 11.5 Å². The molecule has 1 aromatic carbocycles. The molecule has 0 aromatic heterocycles. The second kappa shape index (κ2) is 8.39. The van der Waals surface area contributed by atoms with Crippen LogP contribution in [0.25, 0.3) is 0 Å². The van der Waals surface area contributed by atoms with Crippen molar-refractivity contribution in [2.24, 2.45) is 5.92 Å². The van der Waals surface area contributed by atoms with E-state index in [1.165, 1.54) is 16.7 Å². The van der Waals surface area contributed by atoms with Crippen molar-refractivity contribution in [2.45, 2.75) is 96.2 Å². The summed E-state index contributed by atoms with van der Waals surface area (Å²) in [4.78, 5) is 0. The van der Waals surface area contributed by atoms with Crippen LogP contribution in [0.5, 0.6) is 11.5 Å². The molecule has 2 aliphatic carbocycles. The van der Waals surface area contributed by atoms with E-state index in [-0.39, 0.29) is 24.2 Å². The summed E-state index contributed by atoms with van der Waals surface area (Å²) in [6.45, 7) is 10.5. The Kier molecular flexibility index (Phi) is 6.12. The summed E-state index contributed by atoms with van der Waals surface area (Å²) in [7, 11) is 0. The largest absolute Gasteiger partial charge is 0.504 e. The summed E-state index contributed by atoms with van der Waals surface area (Å²) >= 11 is 0. The Morgan fingerprint density at radius 1 is 1.03 bits per heavy atom. The maximum Gasteiger partial charge on any atom is 0.229 e. The van der Waals surface area contributed by atoms with Gasteiger partial charge in [0.25, 0.3) is 0 Å². The fraction of sp³-hybridized carbons (Fsp3) is 0.680. The van der Waals surface area contributed by atoms with Crippen LogP contribution in [-0.2, 0) is 4.74 Å². The van der Waals surface area contributed by atoms with Crippen LogP contribution in [0.2, 0.25) is 0 Å². The molecule has 4 rings (SSSR count). The Bertz CT molecular complexity index is 873. The predicted molar refractivity (Wildman–Crippen MR) is 118 cm³/mol. The number of hydrogen-bond acceptors (Lipinski definition) is 6. The van der Waals surface area contributed by atoms with Gasteiger partial charge in [0.05, 0.1) is 6.61 Å². The third kappa shape index (κ3) is 3.78. The van der Waals surface area contributed by atoms with E-state index in [2.05, 4.69) is 33.8 Å². The van der Waals surface area contributed by atoms with Crippen molar-refractivity contribution < 1.29 is 29.9 Å². The zero-order valence-electron chi connectivity index (χ0n) is 19.1. The summed E-state index contributed by atoms with van der Waals surface area (Å²) in [5.41, 5.74) is 5.58. The van der Waals surface area contributed by atoms with Crippen LogP contribution in [0.4, 0.5) is 0 Å². The number of ether oxygens (including phenoxy) is 2. The van der Waals surface area contributed by atoms with Gasteiger partial charge in [-0.3, -0.25) is 0 Å². The Labute approximate surface area is 184 Å². The average molecular weight is 433 g/mol.